The Kier molecular flexibility index (Phi) is 6.29. The Balaban J connectivity index is 2.77. The molecule has 5 heteroatoms. The largest absolute Gasteiger partial charge is 0.462 e. The number of hydrogen-bond donors (Lipinski definition) is 2. The van der Waals surface area contributed by atoms with E-state index < -0.39 is 12.0 Å². The molecule has 5 nitrogen and oxygen atoms in total. The minimum absolute atomic E-state index is 0.289. The number of carbonyl (C=O) groups excluding carboxylic acids is 2. The van der Waals surface area contributed by atoms with E-state index in [9.17, 15) is 9.59 Å². The molecule has 108 valence electrons. The van der Waals surface area contributed by atoms with Gasteiger partial charge in [0.1, 0.15) is 0 Å². The van der Waals surface area contributed by atoms with Crippen LogP contribution in [0.25, 0.3) is 0 Å². The number of allylic oxidation sites excluding steroid dienone is 1. The van der Waals surface area contributed by atoms with Crippen LogP contribution >= 0.6 is 0 Å². The van der Waals surface area contributed by atoms with E-state index in [2.05, 4.69) is 10.6 Å². The van der Waals surface area contributed by atoms with Crippen molar-refractivity contribution in [3.05, 3.63) is 41.6 Å². The molecule has 1 aromatic carbocycles. The number of ether oxygens (including phenoxy) is 1. The number of benzene rings is 1. The molecule has 0 saturated carbocycles. The fourth-order valence-electron chi connectivity index (χ4n) is 1.43. The van der Waals surface area contributed by atoms with Crippen LogP contribution in [0, 0.1) is 0 Å². The summed E-state index contributed by atoms with van der Waals surface area (Å²) in [6.45, 7) is 5.95. The monoisotopic (exact) mass is 276 g/mol. The van der Waals surface area contributed by atoms with Crippen molar-refractivity contribution >= 4 is 17.7 Å². The molecule has 0 aromatic heterocycles. The van der Waals surface area contributed by atoms with Crippen LogP contribution in [0.1, 0.15) is 37.6 Å². The summed E-state index contributed by atoms with van der Waals surface area (Å²) >= 11 is 0. The first kappa shape index (κ1) is 15.8. The van der Waals surface area contributed by atoms with E-state index in [4.69, 9.17) is 4.74 Å². The molecule has 2 N–H and O–H groups in total. The van der Waals surface area contributed by atoms with Crippen LogP contribution in [-0.2, 0) is 4.74 Å². The van der Waals surface area contributed by atoms with Gasteiger partial charge in [-0.1, -0.05) is 24.6 Å². The average Bonchev–Trinajstić information content (AvgIpc) is 2.45. The maximum atomic E-state index is 11.8. The number of esters is 1. The summed E-state index contributed by atoms with van der Waals surface area (Å²) in [6.07, 6.45) is 2.50. The molecule has 0 unspecified atom stereocenters. The van der Waals surface area contributed by atoms with Gasteiger partial charge in [0.05, 0.1) is 17.9 Å². The molecule has 0 atom stereocenters. The zero-order valence-corrected chi connectivity index (χ0v) is 12.0. The quantitative estimate of drug-likeness (QED) is 0.811. The first-order chi connectivity index (χ1) is 9.58. The lowest BCUT2D eigenvalue weighted by Gasteiger charge is -2.10. The average molecular weight is 276 g/mol. The highest BCUT2D eigenvalue weighted by atomic mass is 16.5. The smallest absolute Gasteiger partial charge is 0.340 e. The molecule has 20 heavy (non-hydrogen) atoms. The Morgan fingerprint density at radius 2 is 1.95 bits per heavy atom. The zero-order chi connectivity index (χ0) is 15.0. The van der Waals surface area contributed by atoms with Gasteiger partial charge < -0.3 is 15.4 Å². The molecule has 0 aliphatic heterocycles. The Labute approximate surface area is 119 Å². The topological polar surface area (TPSA) is 67.4 Å². The predicted octanol–water partition coefficient (Wildman–Crippen LogP) is 3.30. The third kappa shape index (κ3) is 4.76. The van der Waals surface area contributed by atoms with Crippen LogP contribution in [-0.4, -0.2) is 18.6 Å². The highest BCUT2D eigenvalue weighted by molar-refractivity contribution is 6.00. The SMILES string of the molecule is CCOC(=O)c1ccccc1NC(=O)N/C=C(\C)CC. The molecule has 0 spiro atoms. The lowest BCUT2D eigenvalue weighted by atomic mass is 10.2. The third-order valence-electron chi connectivity index (χ3n) is 2.68. The molecule has 1 aromatic rings. The van der Waals surface area contributed by atoms with Crippen molar-refractivity contribution in [2.45, 2.75) is 27.2 Å². The maximum absolute atomic E-state index is 11.8. The molecular formula is C15H20N2O3. The van der Waals surface area contributed by atoms with Crippen LogP contribution in [0.5, 0.6) is 0 Å². The first-order valence-electron chi connectivity index (χ1n) is 6.57. The van der Waals surface area contributed by atoms with Crippen LogP contribution in [0.3, 0.4) is 0 Å². The van der Waals surface area contributed by atoms with Gasteiger partial charge in [0.25, 0.3) is 0 Å². The number of urea groups is 1. The highest BCUT2D eigenvalue weighted by Crippen LogP contribution is 2.16. The molecule has 0 fully saturated rings. The molecule has 0 radical (unpaired) electrons. The zero-order valence-electron chi connectivity index (χ0n) is 12.0. The van der Waals surface area contributed by atoms with Gasteiger partial charge >= 0.3 is 12.0 Å². The van der Waals surface area contributed by atoms with Gasteiger partial charge in [-0.3, -0.25) is 0 Å². The van der Waals surface area contributed by atoms with E-state index in [0.29, 0.717) is 11.3 Å². The fourth-order valence-corrected chi connectivity index (χ4v) is 1.43. The van der Waals surface area contributed by atoms with E-state index in [1.807, 2.05) is 13.8 Å². The maximum Gasteiger partial charge on any atom is 0.340 e. The summed E-state index contributed by atoms with van der Waals surface area (Å²) in [5.74, 6) is -0.455. The van der Waals surface area contributed by atoms with Crippen molar-refractivity contribution in [1.82, 2.24) is 5.32 Å². The molecular weight excluding hydrogens is 256 g/mol. The van der Waals surface area contributed by atoms with Gasteiger partial charge in [0.2, 0.25) is 0 Å². The molecule has 2 amide bonds. The summed E-state index contributed by atoms with van der Waals surface area (Å²) in [5, 5.41) is 5.25. The third-order valence-corrected chi connectivity index (χ3v) is 2.68. The van der Waals surface area contributed by atoms with Crippen LogP contribution in [0.4, 0.5) is 10.5 Å². The van der Waals surface area contributed by atoms with Gasteiger partial charge in [-0.05, 0) is 32.4 Å². The number of hydrogen-bond acceptors (Lipinski definition) is 3. The van der Waals surface area contributed by atoms with Crippen LogP contribution in [0.2, 0.25) is 0 Å². The van der Waals surface area contributed by atoms with Crippen molar-refractivity contribution in [3.63, 3.8) is 0 Å². The van der Waals surface area contributed by atoms with Gasteiger partial charge in [-0.15, -0.1) is 0 Å². The van der Waals surface area contributed by atoms with Crippen LogP contribution < -0.4 is 10.6 Å². The van der Waals surface area contributed by atoms with Crippen LogP contribution in [0.15, 0.2) is 36.0 Å². The number of anilines is 1. The Morgan fingerprint density at radius 3 is 2.60 bits per heavy atom. The minimum Gasteiger partial charge on any atom is -0.462 e. The molecule has 0 aliphatic carbocycles. The molecule has 1 rings (SSSR count). The fraction of sp³-hybridized carbons (Fsp3) is 0.333. The summed E-state index contributed by atoms with van der Waals surface area (Å²) in [5.41, 5.74) is 1.81. The van der Waals surface area contributed by atoms with E-state index in [1.54, 1.807) is 37.4 Å². The second-order valence-electron chi connectivity index (χ2n) is 4.21. The van der Waals surface area contributed by atoms with Crippen molar-refractivity contribution in [2.24, 2.45) is 0 Å². The van der Waals surface area contributed by atoms with Crippen molar-refractivity contribution in [1.29, 1.82) is 0 Å². The molecule has 0 heterocycles. The normalized spacial score (nSPS) is 10.8. The Morgan fingerprint density at radius 1 is 1.25 bits per heavy atom. The Bertz CT molecular complexity index is 510. The lowest BCUT2D eigenvalue weighted by molar-refractivity contribution is 0.0527. The number of nitrogens with one attached hydrogen (secondary N) is 2. The van der Waals surface area contributed by atoms with E-state index >= 15 is 0 Å². The van der Waals surface area contributed by atoms with Crippen molar-refractivity contribution < 1.29 is 14.3 Å². The van der Waals surface area contributed by atoms with Gasteiger partial charge in [-0.25, -0.2) is 9.59 Å². The minimum atomic E-state index is -0.455. The summed E-state index contributed by atoms with van der Waals surface area (Å²) in [7, 11) is 0. The summed E-state index contributed by atoms with van der Waals surface area (Å²) in [6, 6.07) is 6.33. The standard InChI is InChI=1S/C15H20N2O3/c1-4-11(3)10-16-15(19)17-13-9-7-6-8-12(13)14(18)20-5-2/h6-10H,4-5H2,1-3H3,(H2,16,17,19)/b11-10+. The predicted molar refractivity (Wildman–Crippen MR) is 78.6 cm³/mol. The summed E-state index contributed by atoms with van der Waals surface area (Å²) in [4.78, 5) is 23.5. The second-order valence-corrected chi connectivity index (χ2v) is 4.21. The lowest BCUT2D eigenvalue weighted by Crippen LogP contribution is -2.25. The Hall–Kier alpha value is -2.30. The van der Waals surface area contributed by atoms with E-state index in [0.717, 1.165) is 12.0 Å². The van der Waals surface area contributed by atoms with E-state index in [1.165, 1.54) is 0 Å². The highest BCUT2D eigenvalue weighted by Gasteiger charge is 2.13. The van der Waals surface area contributed by atoms with Crippen molar-refractivity contribution in [3.8, 4) is 0 Å². The number of amides is 2. The molecule has 0 aliphatic rings. The number of para-hydroxylation sites is 1. The summed E-state index contributed by atoms with van der Waals surface area (Å²) < 4.78 is 4.94. The number of rotatable bonds is 5. The number of carbonyl (C=O) groups is 2. The van der Waals surface area contributed by atoms with E-state index in [-0.39, 0.29) is 6.61 Å². The van der Waals surface area contributed by atoms with Gasteiger partial charge in [-0.2, -0.15) is 0 Å². The molecule has 0 saturated heterocycles. The second kappa shape index (κ2) is 7.99. The van der Waals surface area contributed by atoms with Gasteiger partial charge in [0.15, 0.2) is 0 Å². The van der Waals surface area contributed by atoms with Crippen molar-refractivity contribution in [2.75, 3.05) is 11.9 Å². The molecule has 0 bridgehead atoms. The van der Waals surface area contributed by atoms with Gasteiger partial charge in [0, 0.05) is 6.20 Å². The first-order valence-corrected chi connectivity index (χ1v) is 6.57.